The molecule has 0 spiro atoms. The lowest BCUT2D eigenvalue weighted by molar-refractivity contribution is 0.374. The van der Waals surface area contributed by atoms with Crippen LogP contribution in [0, 0.1) is 0 Å². The monoisotopic (exact) mass is 174 g/mol. The molecular weight excluding hydrogens is 163 g/mol. The number of halogens is 1. The van der Waals surface area contributed by atoms with Crippen molar-refractivity contribution in [1.82, 2.24) is 0 Å². The predicted molar refractivity (Wildman–Crippen MR) is 53.5 cm³/mol. The van der Waals surface area contributed by atoms with Crippen molar-refractivity contribution < 1.29 is 4.39 Å². The molecule has 0 fully saturated rings. The van der Waals surface area contributed by atoms with E-state index in [4.69, 9.17) is 0 Å². The molecule has 0 aromatic heterocycles. The van der Waals surface area contributed by atoms with Crippen molar-refractivity contribution in [1.29, 1.82) is 0 Å². The van der Waals surface area contributed by atoms with Crippen molar-refractivity contribution >= 4 is 10.8 Å². The molecule has 0 aliphatic rings. The number of benzene rings is 2. The van der Waals surface area contributed by atoms with E-state index in [1.807, 2.05) is 42.5 Å². The van der Waals surface area contributed by atoms with Gasteiger partial charge in [-0.25, -0.2) is 4.39 Å². The number of hydrogen-bond acceptors (Lipinski definition) is 0. The van der Waals surface area contributed by atoms with Gasteiger partial charge in [-0.05, 0) is 29.3 Å². The Morgan fingerprint density at radius 2 is 1.69 bits per heavy atom. The molecule has 2 aromatic rings. The van der Waals surface area contributed by atoms with Gasteiger partial charge in [0, 0.05) is 0 Å². The van der Waals surface area contributed by atoms with Crippen molar-refractivity contribution in [2.24, 2.45) is 0 Å². The Hall–Kier alpha value is -1.37. The predicted octanol–water partition coefficient (Wildman–Crippen LogP) is 3.87. The Kier molecular flexibility index (Phi) is 2.01. The summed E-state index contributed by atoms with van der Waals surface area (Å²) in [7, 11) is 0. The summed E-state index contributed by atoms with van der Waals surface area (Å²) in [6.07, 6.45) is -0.885. The highest BCUT2D eigenvalue weighted by molar-refractivity contribution is 5.83. The number of rotatable bonds is 1. The van der Waals surface area contributed by atoms with Gasteiger partial charge in [-0.1, -0.05) is 36.4 Å². The SMILES string of the molecule is CC(F)c1ccc2ccccc2c1. The van der Waals surface area contributed by atoms with E-state index in [1.54, 1.807) is 6.92 Å². The molecule has 0 bridgehead atoms. The molecule has 0 heterocycles. The molecule has 2 rings (SSSR count). The molecule has 66 valence electrons. The lowest BCUT2D eigenvalue weighted by Gasteiger charge is -2.03. The van der Waals surface area contributed by atoms with E-state index in [2.05, 4.69) is 0 Å². The lowest BCUT2D eigenvalue weighted by atomic mass is 10.1. The van der Waals surface area contributed by atoms with Crippen LogP contribution >= 0.6 is 0 Å². The molecule has 0 radical (unpaired) electrons. The van der Waals surface area contributed by atoms with Gasteiger partial charge in [-0.15, -0.1) is 0 Å². The number of alkyl halides is 1. The zero-order valence-electron chi connectivity index (χ0n) is 7.50. The maximum atomic E-state index is 13.0. The summed E-state index contributed by atoms with van der Waals surface area (Å²) in [5.41, 5.74) is 0.749. The topological polar surface area (TPSA) is 0 Å². The molecule has 0 saturated carbocycles. The third kappa shape index (κ3) is 1.55. The fourth-order valence-electron chi connectivity index (χ4n) is 1.46. The average Bonchev–Trinajstić information content (AvgIpc) is 2.17. The van der Waals surface area contributed by atoms with Gasteiger partial charge in [-0.3, -0.25) is 0 Å². The molecule has 0 aliphatic carbocycles. The van der Waals surface area contributed by atoms with Gasteiger partial charge >= 0.3 is 0 Å². The second-order valence-corrected chi connectivity index (χ2v) is 3.22. The molecule has 13 heavy (non-hydrogen) atoms. The van der Waals surface area contributed by atoms with Crippen LogP contribution in [0.3, 0.4) is 0 Å². The number of fused-ring (bicyclic) bond motifs is 1. The van der Waals surface area contributed by atoms with Crippen LogP contribution in [-0.4, -0.2) is 0 Å². The van der Waals surface area contributed by atoms with Gasteiger partial charge in [-0.2, -0.15) is 0 Å². The molecule has 0 nitrogen and oxygen atoms in total. The van der Waals surface area contributed by atoms with Gasteiger partial charge in [0.05, 0.1) is 0 Å². The van der Waals surface area contributed by atoms with Gasteiger partial charge in [0.2, 0.25) is 0 Å². The highest BCUT2D eigenvalue weighted by Gasteiger charge is 2.02. The molecule has 1 heteroatoms. The van der Waals surface area contributed by atoms with Gasteiger partial charge in [0.1, 0.15) is 6.17 Å². The summed E-state index contributed by atoms with van der Waals surface area (Å²) in [6.45, 7) is 1.56. The molecular formula is C12H11F. The zero-order valence-corrected chi connectivity index (χ0v) is 7.50. The van der Waals surface area contributed by atoms with Crippen LogP contribution in [0.5, 0.6) is 0 Å². The lowest BCUT2D eigenvalue weighted by Crippen LogP contribution is -1.84. The minimum atomic E-state index is -0.885. The molecule has 0 N–H and O–H groups in total. The minimum Gasteiger partial charge on any atom is -0.243 e. The van der Waals surface area contributed by atoms with E-state index in [0.29, 0.717) is 0 Å². The van der Waals surface area contributed by atoms with E-state index < -0.39 is 6.17 Å². The Balaban J connectivity index is 2.62. The first-order valence-corrected chi connectivity index (χ1v) is 4.40. The van der Waals surface area contributed by atoms with E-state index in [9.17, 15) is 4.39 Å². The first-order chi connectivity index (χ1) is 6.27. The molecule has 0 amide bonds. The standard InChI is InChI=1S/C12H11F/c1-9(13)11-7-6-10-4-2-3-5-12(10)8-11/h2-9H,1H3. The second-order valence-electron chi connectivity index (χ2n) is 3.22. The smallest absolute Gasteiger partial charge is 0.122 e. The summed E-state index contributed by atoms with van der Waals surface area (Å²) in [6, 6.07) is 13.7. The molecule has 1 unspecified atom stereocenters. The van der Waals surface area contributed by atoms with Crippen LogP contribution in [-0.2, 0) is 0 Å². The van der Waals surface area contributed by atoms with Crippen molar-refractivity contribution in [2.45, 2.75) is 13.1 Å². The Bertz CT molecular complexity index is 418. The summed E-state index contributed by atoms with van der Waals surface area (Å²) in [5, 5.41) is 2.26. The third-order valence-electron chi connectivity index (χ3n) is 2.23. The summed E-state index contributed by atoms with van der Waals surface area (Å²) < 4.78 is 13.0. The average molecular weight is 174 g/mol. The molecule has 1 atom stereocenters. The minimum absolute atomic E-state index is 0.749. The van der Waals surface area contributed by atoms with Crippen LogP contribution in [0.15, 0.2) is 42.5 Å². The maximum Gasteiger partial charge on any atom is 0.122 e. The second kappa shape index (κ2) is 3.17. The fraction of sp³-hybridized carbons (Fsp3) is 0.167. The third-order valence-corrected chi connectivity index (χ3v) is 2.23. The van der Waals surface area contributed by atoms with Crippen LogP contribution in [0.2, 0.25) is 0 Å². The molecule has 2 aromatic carbocycles. The molecule has 0 aliphatic heterocycles. The van der Waals surface area contributed by atoms with Crippen molar-refractivity contribution in [3.63, 3.8) is 0 Å². The van der Waals surface area contributed by atoms with Gasteiger partial charge in [0.25, 0.3) is 0 Å². The first kappa shape index (κ1) is 8.24. The Morgan fingerprint density at radius 3 is 2.38 bits per heavy atom. The van der Waals surface area contributed by atoms with Crippen LogP contribution in [0.4, 0.5) is 4.39 Å². The van der Waals surface area contributed by atoms with E-state index in [-0.39, 0.29) is 0 Å². The summed E-state index contributed by atoms with van der Waals surface area (Å²) in [5.74, 6) is 0. The zero-order chi connectivity index (χ0) is 9.26. The normalized spacial score (nSPS) is 13.1. The molecule has 0 saturated heterocycles. The highest BCUT2D eigenvalue weighted by atomic mass is 19.1. The van der Waals surface area contributed by atoms with E-state index in [0.717, 1.165) is 16.3 Å². The summed E-state index contributed by atoms with van der Waals surface area (Å²) >= 11 is 0. The Morgan fingerprint density at radius 1 is 1.00 bits per heavy atom. The Labute approximate surface area is 77.0 Å². The van der Waals surface area contributed by atoms with Gasteiger partial charge in [0.15, 0.2) is 0 Å². The van der Waals surface area contributed by atoms with Gasteiger partial charge < -0.3 is 0 Å². The first-order valence-electron chi connectivity index (χ1n) is 4.40. The quantitative estimate of drug-likeness (QED) is 0.615. The van der Waals surface area contributed by atoms with Crippen molar-refractivity contribution in [3.05, 3.63) is 48.0 Å². The van der Waals surface area contributed by atoms with Crippen LogP contribution < -0.4 is 0 Å². The van der Waals surface area contributed by atoms with Crippen molar-refractivity contribution in [3.8, 4) is 0 Å². The number of hydrogen-bond donors (Lipinski definition) is 0. The van der Waals surface area contributed by atoms with Crippen molar-refractivity contribution in [2.75, 3.05) is 0 Å². The largest absolute Gasteiger partial charge is 0.243 e. The van der Waals surface area contributed by atoms with Crippen LogP contribution in [0.25, 0.3) is 10.8 Å². The summed E-state index contributed by atoms with van der Waals surface area (Å²) in [4.78, 5) is 0. The fourth-order valence-corrected chi connectivity index (χ4v) is 1.46. The maximum absolute atomic E-state index is 13.0. The van der Waals surface area contributed by atoms with Crippen LogP contribution in [0.1, 0.15) is 18.7 Å². The highest BCUT2D eigenvalue weighted by Crippen LogP contribution is 2.21. The van der Waals surface area contributed by atoms with E-state index in [1.165, 1.54) is 0 Å². The van der Waals surface area contributed by atoms with E-state index >= 15 is 0 Å².